The minimum Gasteiger partial charge on any atom is -0.347 e. The largest absolute Gasteiger partial charge is 0.347 e. The van der Waals surface area contributed by atoms with Crippen LogP contribution in [0.25, 0.3) is 0 Å². The zero-order valence-electron chi connectivity index (χ0n) is 30.7. The average Bonchev–Trinajstić information content (AvgIpc) is 3.66. The van der Waals surface area contributed by atoms with Crippen LogP contribution in [0.15, 0.2) is 0 Å². The van der Waals surface area contributed by atoms with Gasteiger partial charge in [-0.3, -0.25) is 19.2 Å². The Morgan fingerprint density at radius 3 is 2.02 bits per heavy atom. The van der Waals surface area contributed by atoms with E-state index in [2.05, 4.69) is 21.3 Å². The predicted octanol–water partition coefficient (Wildman–Crippen LogP) is 3.62. The number of carbonyl (C=O) groups is 5. The molecular formula is C35H61N5O7S. The Bertz CT molecular complexity index is 1310. The number of Topliss-reactive ketones (excluding diaryl/α,β-unsaturated/α-hetero) is 1. The summed E-state index contributed by atoms with van der Waals surface area (Å²) in [6.45, 7) is 16.7. The second-order valence-corrected chi connectivity index (χ2v) is 19.6. The Morgan fingerprint density at radius 1 is 0.917 bits per heavy atom. The Kier molecular flexibility index (Phi) is 12.8. The Hall–Kier alpha value is -2.70. The van der Waals surface area contributed by atoms with E-state index in [1.807, 2.05) is 41.5 Å². The molecule has 12 nitrogen and oxygen atoms in total. The van der Waals surface area contributed by atoms with Gasteiger partial charge in [-0.1, -0.05) is 67.2 Å². The molecule has 274 valence electrons. The van der Waals surface area contributed by atoms with Gasteiger partial charge in [0.15, 0.2) is 9.84 Å². The van der Waals surface area contributed by atoms with Gasteiger partial charge in [0, 0.05) is 12.6 Å². The first-order valence-corrected chi connectivity index (χ1v) is 19.5. The van der Waals surface area contributed by atoms with Crippen molar-refractivity contribution in [3.05, 3.63) is 0 Å². The normalized spacial score (nSPS) is 22.8. The van der Waals surface area contributed by atoms with E-state index in [-0.39, 0.29) is 30.1 Å². The van der Waals surface area contributed by atoms with E-state index >= 15 is 0 Å². The Balaban J connectivity index is 1.83. The number of likely N-dealkylation sites (tertiary alicyclic amines) is 1. The van der Waals surface area contributed by atoms with Crippen molar-refractivity contribution < 1.29 is 32.4 Å². The van der Waals surface area contributed by atoms with E-state index in [1.54, 1.807) is 20.8 Å². The molecule has 2 saturated carbocycles. The highest BCUT2D eigenvalue weighted by molar-refractivity contribution is 7.92. The first-order chi connectivity index (χ1) is 22.1. The van der Waals surface area contributed by atoms with Gasteiger partial charge >= 0.3 is 6.03 Å². The summed E-state index contributed by atoms with van der Waals surface area (Å²) in [7, 11) is -3.56. The summed E-state index contributed by atoms with van der Waals surface area (Å²) in [5, 5.41) is 11.4. The molecule has 4 atom stereocenters. The molecular weight excluding hydrogens is 634 g/mol. The summed E-state index contributed by atoms with van der Waals surface area (Å²) in [5.41, 5.74) is -1.71. The van der Waals surface area contributed by atoms with E-state index in [0.717, 1.165) is 32.1 Å². The molecule has 0 unspecified atom stereocenters. The van der Waals surface area contributed by atoms with Crippen molar-refractivity contribution in [1.29, 1.82) is 0 Å². The number of urea groups is 1. The number of nitrogens with one attached hydrogen (secondary N) is 4. The number of hydrogen-bond acceptors (Lipinski definition) is 7. The minimum absolute atomic E-state index is 0.00379. The maximum Gasteiger partial charge on any atom is 0.315 e. The van der Waals surface area contributed by atoms with Gasteiger partial charge in [-0.05, 0) is 76.5 Å². The lowest BCUT2D eigenvalue weighted by molar-refractivity contribution is -0.144. The van der Waals surface area contributed by atoms with Crippen LogP contribution in [0.1, 0.15) is 127 Å². The first-order valence-electron chi connectivity index (χ1n) is 17.9. The third-order valence-electron chi connectivity index (χ3n) is 10.2. The molecule has 13 heteroatoms. The van der Waals surface area contributed by atoms with Crippen molar-refractivity contribution in [2.24, 2.45) is 17.3 Å². The van der Waals surface area contributed by atoms with Crippen LogP contribution in [0.5, 0.6) is 0 Å². The van der Waals surface area contributed by atoms with Crippen molar-refractivity contribution in [3.63, 3.8) is 0 Å². The second-order valence-electron chi connectivity index (χ2n) is 16.8. The van der Waals surface area contributed by atoms with Gasteiger partial charge in [0.25, 0.3) is 5.91 Å². The van der Waals surface area contributed by atoms with Gasteiger partial charge in [-0.15, -0.1) is 0 Å². The average molecular weight is 696 g/mol. The fraction of sp³-hybridized carbons (Fsp3) is 0.857. The molecule has 4 N–H and O–H groups in total. The molecule has 1 saturated heterocycles. The Labute approximate surface area is 288 Å². The monoisotopic (exact) mass is 695 g/mol. The van der Waals surface area contributed by atoms with E-state index in [9.17, 15) is 32.4 Å². The van der Waals surface area contributed by atoms with Crippen molar-refractivity contribution in [2.75, 3.05) is 12.3 Å². The van der Waals surface area contributed by atoms with Crippen LogP contribution < -0.4 is 21.3 Å². The van der Waals surface area contributed by atoms with Crippen LogP contribution in [0.2, 0.25) is 0 Å². The quantitative estimate of drug-likeness (QED) is 0.213. The Morgan fingerprint density at radius 2 is 1.52 bits per heavy atom. The van der Waals surface area contributed by atoms with Crippen LogP contribution in [-0.2, 0) is 29.0 Å². The summed E-state index contributed by atoms with van der Waals surface area (Å²) in [6, 6.07) is -3.54. The van der Waals surface area contributed by atoms with Crippen LogP contribution in [0.3, 0.4) is 0 Å². The standard InChI is InChI=1S/C35H61N5O7S/c1-10-14-25(27(41)30(43)36-24-15-16-24)37-29(42)26-19-23(22(2)3)20-40(26)31(44)28(33(4,5)6)38-32(45)39-35(17-12-11-13-18-35)21-48(46,47)34(7,8)9/h22-26,28H,10-21H2,1-9H3,(H,36,43)(H,37,42)(H2,38,39,45)/t23-,25+,26+,28-/m1/s1. The highest BCUT2D eigenvalue weighted by Crippen LogP contribution is 2.34. The number of amides is 5. The highest BCUT2D eigenvalue weighted by atomic mass is 32.2. The molecule has 48 heavy (non-hydrogen) atoms. The number of ketones is 1. The summed E-state index contributed by atoms with van der Waals surface area (Å²) in [5.74, 6) is -2.34. The van der Waals surface area contributed by atoms with Crippen molar-refractivity contribution in [2.45, 2.75) is 161 Å². The van der Waals surface area contributed by atoms with E-state index in [4.69, 9.17) is 0 Å². The smallest absolute Gasteiger partial charge is 0.315 e. The third-order valence-corrected chi connectivity index (χ3v) is 13.0. The zero-order chi connectivity index (χ0) is 36.2. The van der Waals surface area contributed by atoms with Crippen LogP contribution in [0.4, 0.5) is 4.79 Å². The SMILES string of the molecule is CCC[C@H](NC(=O)[C@@H]1C[C@@H](C(C)C)CN1C(=O)[C@@H](NC(=O)NC1(CS(=O)(=O)C(C)(C)C)CCCCC1)C(C)(C)C)C(=O)C(=O)NC1CC1. The van der Waals surface area contributed by atoms with Gasteiger partial charge < -0.3 is 26.2 Å². The number of rotatable bonds is 13. The van der Waals surface area contributed by atoms with Gasteiger partial charge in [0.05, 0.1) is 22.1 Å². The number of nitrogens with zero attached hydrogens (tertiary/aromatic N) is 1. The summed E-state index contributed by atoms with van der Waals surface area (Å²) in [4.78, 5) is 69.1. The van der Waals surface area contributed by atoms with Crippen LogP contribution in [-0.4, -0.2) is 89.6 Å². The molecule has 3 fully saturated rings. The highest BCUT2D eigenvalue weighted by Gasteiger charge is 2.47. The fourth-order valence-corrected chi connectivity index (χ4v) is 8.17. The van der Waals surface area contributed by atoms with Gasteiger partial charge in [0.1, 0.15) is 12.1 Å². The zero-order valence-corrected chi connectivity index (χ0v) is 31.5. The molecule has 3 aliphatic rings. The maximum absolute atomic E-state index is 14.4. The fourth-order valence-electron chi connectivity index (χ4n) is 6.65. The number of sulfone groups is 1. The van der Waals surface area contributed by atoms with Gasteiger partial charge in [-0.2, -0.15) is 0 Å². The molecule has 3 rings (SSSR count). The molecule has 5 amide bonds. The summed E-state index contributed by atoms with van der Waals surface area (Å²) in [6.07, 6.45) is 6.46. The molecule has 1 heterocycles. The maximum atomic E-state index is 14.4. The van der Waals surface area contributed by atoms with Crippen molar-refractivity contribution in [3.8, 4) is 0 Å². The van der Waals surface area contributed by atoms with Gasteiger partial charge in [0.2, 0.25) is 17.6 Å². The predicted molar refractivity (Wildman–Crippen MR) is 186 cm³/mol. The van der Waals surface area contributed by atoms with Crippen molar-refractivity contribution >= 4 is 39.4 Å². The van der Waals surface area contributed by atoms with E-state index in [0.29, 0.717) is 32.2 Å². The van der Waals surface area contributed by atoms with Crippen LogP contribution >= 0.6 is 0 Å². The molecule has 0 spiro atoms. The topological polar surface area (TPSA) is 171 Å². The summed E-state index contributed by atoms with van der Waals surface area (Å²) >= 11 is 0. The van der Waals surface area contributed by atoms with Crippen molar-refractivity contribution in [1.82, 2.24) is 26.2 Å². The first kappa shape index (κ1) is 39.7. The van der Waals surface area contributed by atoms with E-state index in [1.165, 1.54) is 4.90 Å². The van der Waals surface area contributed by atoms with Gasteiger partial charge in [-0.25, -0.2) is 13.2 Å². The number of carbonyl (C=O) groups excluding carboxylic acids is 5. The molecule has 0 aromatic carbocycles. The molecule has 0 aromatic rings. The molecule has 0 radical (unpaired) electrons. The second kappa shape index (κ2) is 15.5. The molecule has 1 aliphatic heterocycles. The third kappa shape index (κ3) is 10.2. The minimum atomic E-state index is -3.56. The lowest BCUT2D eigenvalue weighted by Gasteiger charge is -2.41. The molecule has 0 aromatic heterocycles. The molecule has 0 bridgehead atoms. The lowest BCUT2D eigenvalue weighted by atomic mass is 9.83. The van der Waals surface area contributed by atoms with E-state index < -0.39 is 73.2 Å². The summed E-state index contributed by atoms with van der Waals surface area (Å²) < 4.78 is 25.6. The lowest BCUT2D eigenvalue weighted by Crippen LogP contribution is -2.63. The molecule has 2 aliphatic carbocycles. The van der Waals surface area contributed by atoms with Crippen LogP contribution in [0, 0.1) is 17.3 Å². The number of hydrogen-bond donors (Lipinski definition) is 4.